The van der Waals surface area contributed by atoms with Crippen LogP contribution in [0.25, 0.3) is 0 Å². The van der Waals surface area contributed by atoms with Crippen LogP contribution in [0.5, 0.6) is 5.75 Å². The quantitative estimate of drug-likeness (QED) is 0.493. The van der Waals surface area contributed by atoms with Crippen molar-refractivity contribution in [2.75, 3.05) is 38.2 Å². The van der Waals surface area contributed by atoms with E-state index in [4.69, 9.17) is 14.7 Å². The third-order valence-electron chi connectivity index (χ3n) is 1.97. The van der Waals surface area contributed by atoms with Crippen LogP contribution < -0.4 is 15.5 Å². The van der Waals surface area contributed by atoms with E-state index < -0.39 is 0 Å². The number of hydrogen-bond donors (Lipinski definition) is 3. The van der Waals surface area contributed by atoms with Crippen LogP contribution in [-0.2, 0) is 4.74 Å². The minimum absolute atomic E-state index is 0.599. The van der Waals surface area contributed by atoms with E-state index in [1.807, 2.05) is 0 Å². The van der Waals surface area contributed by atoms with Gasteiger partial charge in [0.15, 0.2) is 0 Å². The van der Waals surface area contributed by atoms with Gasteiger partial charge in [-0.3, -0.25) is 10.7 Å². The molecule has 0 amide bonds. The average molecular weight is 212 g/mol. The minimum atomic E-state index is 0.599. The summed E-state index contributed by atoms with van der Waals surface area (Å²) in [6, 6.07) is 5.29. The zero-order valence-electron chi connectivity index (χ0n) is 8.91. The van der Waals surface area contributed by atoms with Gasteiger partial charge in [0, 0.05) is 19.7 Å². The first-order valence-electron chi connectivity index (χ1n) is 4.62. The Morgan fingerprint density at radius 3 is 2.67 bits per heavy atom. The van der Waals surface area contributed by atoms with E-state index in [9.17, 15) is 0 Å². The van der Waals surface area contributed by atoms with Crippen molar-refractivity contribution in [1.82, 2.24) is 0 Å². The molecular formula is C10H16N2O3. The Balaban J connectivity index is 2.72. The molecule has 0 saturated heterocycles. The molecule has 84 valence electrons. The highest BCUT2D eigenvalue weighted by Gasteiger charge is 2.02. The lowest BCUT2D eigenvalue weighted by molar-refractivity contribution is 0.211. The summed E-state index contributed by atoms with van der Waals surface area (Å²) in [5.41, 5.74) is 3.49. The van der Waals surface area contributed by atoms with Crippen LogP contribution in [0.15, 0.2) is 18.2 Å². The molecule has 1 aromatic carbocycles. The van der Waals surface area contributed by atoms with Crippen molar-refractivity contribution in [3.63, 3.8) is 0 Å². The molecule has 0 aliphatic carbocycles. The second-order valence-electron chi connectivity index (χ2n) is 2.94. The van der Waals surface area contributed by atoms with E-state index >= 15 is 0 Å². The molecule has 0 aromatic heterocycles. The fraction of sp³-hybridized carbons (Fsp3) is 0.400. The van der Waals surface area contributed by atoms with E-state index in [0.29, 0.717) is 18.8 Å². The monoisotopic (exact) mass is 212 g/mol. The summed E-state index contributed by atoms with van der Waals surface area (Å²) in [6.45, 7) is 1.26. The molecule has 15 heavy (non-hydrogen) atoms. The Hall–Kier alpha value is -1.46. The zero-order valence-corrected chi connectivity index (χ0v) is 8.91. The second-order valence-corrected chi connectivity index (χ2v) is 2.94. The molecule has 0 atom stereocenters. The topological polar surface area (TPSA) is 62.8 Å². The van der Waals surface area contributed by atoms with Crippen molar-refractivity contribution in [1.29, 1.82) is 0 Å². The summed E-state index contributed by atoms with van der Waals surface area (Å²) in [5, 5.41) is 12.0. The number of nitrogens with one attached hydrogen (secondary N) is 2. The molecule has 3 N–H and O–H groups in total. The van der Waals surface area contributed by atoms with Gasteiger partial charge in [-0.1, -0.05) is 0 Å². The number of rotatable bonds is 6. The molecule has 0 fully saturated rings. The molecule has 1 aromatic rings. The van der Waals surface area contributed by atoms with Crippen LogP contribution >= 0.6 is 0 Å². The molecule has 0 spiro atoms. The Bertz CT molecular complexity index is 305. The lowest BCUT2D eigenvalue weighted by Gasteiger charge is -2.12. The Labute approximate surface area is 89.0 Å². The smallest absolute Gasteiger partial charge is 0.121 e. The predicted octanol–water partition coefficient (Wildman–Crippen LogP) is 1.55. The van der Waals surface area contributed by atoms with Gasteiger partial charge in [0.25, 0.3) is 0 Å². The summed E-state index contributed by atoms with van der Waals surface area (Å²) in [5.74, 6) is 0.730. The maximum absolute atomic E-state index is 8.88. The van der Waals surface area contributed by atoms with E-state index in [-0.39, 0.29) is 0 Å². The molecule has 0 saturated carbocycles. The average Bonchev–Trinajstić information content (AvgIpc) is 2.29. The second kappa shape index (κ2) is 6.10. The fourth-order valence-electron chi connectivity index (χ4n) is 1.18. The maximum atomic E-state index is 8.88. The molecule has 0 radical (unpaired) electrons. The molecule has 0 unspecified atom stereocenters. The summed E-state index contributed by atoms with van der Waals surface area (Å²) in [4.78, 5) is 0. The van der Waals surface area contributed by atoms with Gasteiger partial charge in [-0.2, -0.15) is 0 Å². The summed E-state index contributed by atoms with van der Waals surface area (Å²) in [7, 11) is 3.23. The van der Waals surface area contributed by atoms with Gasteiger partial charge >= 0.3 is 0 Å². The fourth-order valence-corrected chi connectivity index (χ4v) is 1.18. The molecule has 0 bridgehead atoms. The molecule has 0 aliphatic rings. The molecule has 5 nitrogen and oxygen atoms in total. The largest absolute Gasteiger partial charge is 0.497 e. The molecule has 0 aliphatic heterocycles. The highest BCUT2D eigenvalue weighted by Crippen LogP contribution is 2.26. The van der Waals surface area contributed by atoms with Crippen molar-refractivity contribution >= 4 is 11.4 Å². The van der Waals surface area contributed by atoms with Gasteiger partial charge in [0.05, 0.1) is 25.1 Å². The number of methoxy groups -OCH3 is 2. The third kappa shape index (κ3) is 3.30. The number of anilines is 2. The van der Waals surface area contributed by atoms with Crippen LogP contribution in [0.2, 0.25) is 0 Å². The van der Waals surface area contributed by atoms with E-state index in [1.165, 1.54) is 0 Å². The normalized spacial score (nSPS) is 9.80. The molecule has 1 rings (SSSR count). The molecular weight excluding hydrogens is 196 g/mol. The van der Waals surface area contributed by atoms with Crippen LogP contribution in [0.3, 0.4) is 0 Å². The highest BCUT2D eigenvalue weighted by atomic mass is 16.5. The highest BCUT2D eigenvalue weighted by molar-refractivity contribution is 5.69. The van der Waals surface area contributed by atoms with E-state index in [2.05, 4.69) is 10.8 Å². The first kappa shape index (κ1) is 11.6. The standard InChI is InChI=1S/C10H16N2O3/c1-14-6-5-11-10-7-8(15-2)3-4-9(10)12-13/h3-4,7,11-13H,5-6H2,1-2H3. The van der Waals surface area contributed by atoms with Crippen molar-refractivity contribution in [3.05, 3.63) is 18.2 Å². The molecule has 5 heteroatoms. The number of benzene rings is 1. The van der Waals surface area contributed by atoms with Gasteiger partial charge in [-0.15, -0.1) is 0 Å². The SMILES string of the molecule is COCCNc1cc(OC)ccc1NO. The zero-order chi connectivity index (χ0) is 11.1. The third-order valence-corrected chi connectivity index (χ3v) is 1.97. The van der Waals surface area contributed by atoms with Crippen LogP contribution in [-0.4, -0.2) is 32.6 Å². The Morgan fingerprint density at radius 1 is 1.27 bits per heavy atom. The minimum Gasteiger partial charge on any atom is -0.497 e. The lowest BCUT2D eigenvalue weighted by Crippen LogP contribution is -2.09. The van der Waals surface area contributed by atoms with Crippen molar-refractivity contribution < 1.29 is 14.7 Å². The molecule has 0 heterocycles. The first-order chi connectivity index (χ1) is 7.31. The Kier molecular flexibility index (Phi) is 4.73. The van der Waals surface area contributed by atoms with E-state index in [0.717, 1.165) is 11.4 Å². The van der Waals surface area contributed by atoms with Gasteiger partial charge in [-0.25, -0.2) is 0 Å². The van der Waals surface area contributed by atoms with Gasteiger partial charge < -0.3 is 14.8 Å². The van der Waals surface area contributed by atoms with Crippen LogP contribution in [0, 0.1) is 0 Å². The maximum Gasteiger partial charge on any atom is 0.121 e. The lowest BCUT2D eigenvalue weighted by atomic mass is 10.2. The van der Waals surface area contributed by atoms with Crippen molar-refractivity contribution in [2.24, 2.45) is 0 Å². The van der Waals surface area contributed by atoms with Gasteiger partial charge in [0.1, 0.15) is 5.75 Å². The van der Waals surface area contributed by atoms with Gasteiger partial charge in [-0.05, 0) is 12.1 Å². The van der Waals surface area contributed by atoms with Crippen LogP contribution in [0.1, 0.15) is 0 Å². The van der Waals surface area contributed by atoms with E-state index in [1.54, 1.807) is 32.4 Å². The van der Waals surface area contributed by atoms with Gasteiger partial charge in [0.2, 0.25) is 0 Å². The van der Waals surface area contributed by atoms with Crippen molar-refractivity contribution in [3.8, 4) is 5.75 Å². The van der Waals surface area contributed by atoms with Crippen molar-refractivity contribution in [2.45, 2.75) is 0 Å². The number of hydrogen-bond acceptors (Lipinski definition) is 5. The summed E-state index contributed by atoms with van der Waals surface area (Å²) >= 11 is 0. The Morgan fingerprint density at radius 2 is 2.07 bits per heavy atom. The number of ether oxygens (including phenoxy) is 2. The van der Waals surface area contributed by atoms with Crippen LogP contribution in [0.4, 0.5) is 11.4 Å². The predicted molar refractivity (Wildman–Crippen MR) is 58.8 cm³/mol. The summed E-state index contributed by atoms with van der Waals surface area (Å²) < 4.78 is 10.00. The summed E-state index contributed by atoms with van der Waals surface area (Å²) in [6.07, 6.45) is 0. The first-order valence-corrected chi connectivity index (χ1v) is 4.62.